The third kappa shape index (κ3) is 8.19. The molecular formula is C23H27N3O6. The maximum atomic E-state index is 12.8. The second-order valence-electron chi connectivity index (χ2n) is 7.38. The zero-order valence-electron chi connectivity index (χ0n) is 17.4. The van der Waals surface area contributed by atoms with E-state index in [1.165, 1.54) is 0 Å². The molecule has 0 bridgehead atoms. The summed E-state index contributed by atoms with van der Waals surface area (Å²) in [5.74, 6) is -3.81. The average molecular weight is 441 g/mol. The molecule has 0 spiro atoms. The van der Waals surface area contributed by atoms with E-state index < -0.39 is 48.3 Å². The van der Waals surface area contributed by atoms with Crippen LogP contribution in [-0.4, -0.2) is 52.1 Å². The predicted octanol–water partition coefficient (Wildman–Crippen LogP) is 0.718. The van der Waals surface area contributed by atoms with Crippen LogP contribution >= 0.6 is 0 Å². The Morgan fingerprint density at radius 3 is 1.75 bits per heavy atom. The van der Waals surface area contributed by atoms with Crippen LogP contribution in [0.2, 0.25) is 0 Å². The Hall–Kier alpha value is -3.72. The lowest BCUT2D eigenvalue weighted by molar-refractivity contribution is -0.143. The second-order valence-corrected chi connectivity index (χ2v) is 7.38. The fraction of sp³-hybridized carbons (Fsp3) is 0.304. The normalized spacial score (nSPS) is 13.4. The third-order valence-electron chi connectivity index (χ3n) is 4.81. The summed E-state index contributed by atoms with van der Waals surface area (Å²) in [6.07, 6.45) is -0.324. The van der Waals surface area contributed by atoms with Crippen LogP contribution in [0.25, 0.3) is 0 Å². The van der Waals surface area contributed by atoms with Crippen LogP contribution in [0, 0.1) is 0 Å². The van der Waals surface area contributed by atoms with Gasteiger partial charge in [-0.05, 0) is 24.0 Å². The number of hydrogen-bond acceptors (Lipinski definition) is 5. The largest absolute Gasteiger partial charge is 0.481 e. The molecule has 2 aromatic carbocycles. The summed E-state index contributed by atoms with van der Waals surface area (Å²) in [5, 5.41) is 23.1. The number of amides is 2. The summed E-state index contributed by atoms with van der Waals surface area (Å²) in [5.41, 5.74) is 7.63. The van der Waals surface area contributed by atoms with Crippen LogP contribution in [0.4, 0.5) is 0 Å². The lowest BCUT2D eigenvalue weighted by atomic mass is 10.0. The molecular weight excluding hydrogens is 414 g/mol. The van der Waals surface area contributed by atoms with E-state index in [9.17, 15) is 24.3 Å². The Morgan fingerprint density at radius 1 is 0.750 bits per heavy atom. The quantitative estimate of drug-likeness (QED) is 0.324. The number of nitrogens with one attached hydrogen (secondary N) is 2. The summed E-state index contributed by atoms with van der Waals surface area (Å²) in [4.78, 5) is 47.8. The van der Waals surface area contributed by atoms with Crippen LogP contribution in [0.3, 0.4) is 0 Å². The molecule has 0 unspecified atom stereocenters. The van der Waals surface area contributed by atoms with Crippen molar-refractivity contribution in [3.63, 3.8) is 0 Å². The third-order valence-corrected chi connectivity index (χ3v) is 4.81. The van der Waals surface area contributed by atoms with Crippen molar-refractivity contribution in [2.75, 3.05) is 0 Å². The highest BCUT2D eigenvalue weighted by Crippen LogP contribution is 2.07. The van der Waals surface area contributed by atoms with Gasteiger partial charge in [-0.15, -0.1) is 0 Å². The van der Waals surface area contributed by atoms with Gasteiger partial charge in [0.05, 0.1) is 6.04 Å². The number of rotatable bonds is 12. The molecule has 0 radical (unpaired) electrons. The van der Waals surface area contributed by atoms with Crippen LogP contribution in [0.15, 0.2) is 60.7 Å². The molecule has 9 heteroatoms. The summed E-state index contributed by atoms with van der Waals surface area (Å²) in [6, 6.07) is 14.7. The molecule has 0 fully saturated rings. The number of aliphatic carboxylic acids is 2. The number of carboxylic acids is 2. The zero-order chi connectivity index (χ0) is 23.5. The van der Waals surface area contributed by atoms with Gasteiger partial charge < -0.3 is 26.6 Å². The molecule has 0 aliphatic carbocycles. The van der Waals surface area contributed by atoms with Crippen LogP contribution in [-0.2, 0) is 32.0 Å². The SMILES string of the molecule is N[C@@H](Cc1ccccc1)C(=O)N[C@@H](Cc1ccccc1)C(=O)N[C@@H](CCC(=O)O)C(=O)O. The van der Waals surface area contributed by atoms with Crippen molar-refractivity contribution in [1.82, 2.24) is 10.6 Å². The first-order valence-electron chi connectivity index (χ1n) is 10.1. The van der Waals surface area contributed by atoms with E-state index in [1.54, 1.807) is 30.3 Å². The van der Waals surface area contributed by atoms with Gasteiger partial charge in [0.15, 0.2) is 0 Å². The molecule has 0 aromatic heterocycles. The van der Waals surface area contributed by atoms with Crippen LogP contribution in [0.5, 0.6) is 0 Å². The summed E-state index contributed by atoms with van der Waals surface area (Å²) >= 11 is 0. The van der Waals surface area contributed by atoms with Gasteiger partial charge in [0.1, 0.15) is 12.1 Å². The molecule has 170 valence electrons. The minimum atomic E-state index is -1.40. The van der Waals surface area contributed by atoms with Gasteiger partial charge in [0.2, 0.25) is 11.8 Å². The number of hydrogen-bond donors (Lipinski definition) is 5. The monoisotopic (exact) mass is 441 g/mol. The Labute approximate surface area is 185 Å². The Bertz CT molecular complexity index is 920. The number of benzene rings is 2. The van der Waals surface area contributed by atoms with Gasteiger partial charge >= 0.3 is 11.9 Å². The molecule has 6 N–H and O–H groups in total. The number of carbonyl (C=O) groups excluding carboxylic acids is 2. The Kier molecular flexibility index (Phi) is 9.37. The summed E-state index contributed by atoms with van der Waals surface area (Å²) < 4.78 is 0. The summed E-state index contributed by atoms with van der Waals surface area (Å²) in [7, 11) is 0. The van der Waals surface area contributed by atoms with Crippen molar-refractivity contribution in [2.24, 2.45) is 5.73 Å². The van der Waals surface area contributed by atoms with Crippen molar-refractivity contribution in [3.8, 4) is 0 Å². The Balaban J connectivity index is 2.11. The fourth-order valence-electron chi connectivity index (χ4n) is 3.10. The number of carbonyl (C=O) groups is 4. The first-order chi connectivity index (χ1) is 15.3. The van der Waals surface area contributed by atoms with Crippen molar-refractivity contribution < 1.29 is 29.4 Å². The van der Waals surface area contributed by atoms with Crippen molar-refractivity contribution in [1.29, 1.82) is 0 Å². The standard InChI is InChI=1S/C23H27N3O6/c24-17(13-15-7-3-1-4-8-15)21(29)26-19(14-16-9-5-2-6-10-16)22(30)25-18(23(31)32)11-12-20(27)28/h1-10,17-19H,11-14,24H2,(H,25,30)(H,26,29)(H,27,28)(H,31,32)/t17-,18-,19-/m0/s1. The van der Waals surface area contributed by atoms with Crippen molar-refractivity contribution in [3.05, 3.63) is 71.8 Å². The van der Waals surface area contributed by atoms with Gasteiger partial charge in [0.25, 0.3) is 0 Å². The molecule has 0 saturated carbocycles. The van der Waals surface area contributed by atoms with Gasteiger partial charge in [-0.3, -0.25) is 14.4 Å². The van der Waals surface area contributed by atoms with Gasteiger partial charge in [-0.25, -0.2) is 4.79 Å². The maximum absolute atomic E-state index is 12.8. The smallest absolute Gasteiger partial charge is 0.326 e. The molecule has 2 amide bonds. The minimum absolute atomic E-state index is 0.113. The van der Waals surface area contributed by atoms with Crippen molar-refractivity contribution >= 4 is 23.8 Å². The molecule has 2 aromatic rings. The molecule has 2 rings (SSSR count). The lowest BCUT2D eigenvalue weighted by Gasteiger charge is -2.23. The minimum Gasteiger partial charge on any atom is -0.481 e. The fourth-order valence-corrected chi connectivity index (χ4v) is 3.10. The molecule has 0 aliphatic heterocycles. The van der Waals surface area contributed by atoms with E-state index in [1.807, 2.05) is 30.3 Å². The van der Waals surface area contributed by atoms with Gasteiger partial charge in [-0.2, -0.15) is 0 Å². The summed E-state index contributed by atoms with van der Waals surface area (Å²) in [6.45, 7) is 0. The topological polar surface area (TPSA) is 159 Å². The first kappa shape index (κ1) is 24.5. The molecule has 3 atom stereocenters. The second kappa shape index (κ2) is 12.2. The zero-order valence-corrected chi connectivity index (χ0v) is 17.4. The first-order valence-corrected chi connectivity index (χ1v) is 10.1. The van der Waals surface area contributed by atoms with E-state index in [0.29, 0.717) is 0 Å². The van der Waals surface area contributed by atoms with E-state index in [2.05, 4.69) is 10.6 Å². The van der Waals surface area contributed by atoms with Crippen LogP contribution in [0.1, 0.15) is 24.0 Å². The van der Waals surface area contributed by atoms with E-state index in [0.717, 1.165) is 11.1 Å². The molecule has 9 nitrogen and oxygen atoms in total. The average Bonchev–Trinajstić information content (AvgIpc) is 2.77. The van der Waals surface area contributed by atoms with E-state index in [4.69, 9.17) is 10.8 Å². The van der Waals surface area contributed by atoms with E-state index >= 15 is 0 Å². The van der Waals surface area contributed by atoms with Gasteiger partial charge in [-0.1, -0.05) is 60.7 Å². The maximum Gasteiger partial charge on any atom is 0.326 e. The Morgan fingerprint density at radius 2 is 1.25 bits per heavy atom. The highest BCUT2D eigenvalue weighted by Gasteiger charge is 2.28. The van der Waals surface area contributed by atoms with Crippen LogP contribution < -0.4 is 16.4 Å². The highest BCUT2D eigenvalue weighted by atomic mass is 16.4. The molecule has 0 aliphatic rings. The molecule has 0 heterocycles. The molecule has 0 saturated heterocycles. The number of nitrogens with two attached hydrogens (primary N) is 1. The lowest BCUT2D eigenvalue weighted by Crippen LogP contribution is -2.55. The predicted molar refractivity (Wildman–Crippen MR) is 117 cm³/mol. The van der Waals surface area contributed by atoms with Gasteiger partial charge in [0, 0.05) is 12.8 Å². The van der Waals surface area contributed by atoms with E-state index in [-0.39, 0.29) is 19.3 Å². The molecule has 32 heavy (non-hydrogen) atoms. The van der Waals surface area contributed by atoms with Crippen molar-refractivity contribution in [2.45, 2.75) is 43.8 Å². The number of carboxylic acid groups (broad SMARTS) is 2. The highest BCUT2D eigenvalue weighted by molar-refractivity contribution is 5.92.